The molecule has 0 aliphatic carbocycles. The van der Waals surface area contributed by atoms with Gasteiger partial charge in [0.15, 0.2) is 4.67 Å². The van der Waals surface area contributed by atoms with E-state index in [2.05, 4.69) is 31.9 Å². The molecule has 0 saturated heterocycles. The predicted octanol–water partition coefficient (Wildman–Crippen LogP) is 4.73. The first kappa shape index (κ1) is 14.1. The second-order valence-electron chi connectivity index (χ2n) is 3.83. The van der Waals surface area contributed by atoms with Crippen LogP contribution in [-0.2, 0) is 4.79 Å². The number of esters is 1. The minimum absolute atomic E-state index is 0.461. The molecule has 0 radical (unpaired) electrons. The topological polar surface area (TPSA) is 39.4 Å². The van der Waals surface area contributed by atoms with Crippen molar-refractivity contribution in [3.63, 3.8) is 0 Å². The molecule has 1 aromatic heterocycles. The highest BCUT2D eigenvalue weighted by molar-refractivity contribution is 9.10. The Hall–Kier alpha value is -1.33. The summed E-state index contributed by atoms with van der Waals surface area (Å²) in [4.78, 5) is 11.6. The number of ether oxygens (including phenoxy) is 1. The maximum atomic E-state index is 11.6. The number of halogens is 2. The second-order valence-corrected chi connectivity index (χ2v) is 5.47. The zero-order chi connectivity index (χ0) is 13.8. The van der Waals surface area contributed by atoms with Crippen molar-refractivity contribution in [2.24, 2.45) is 0 Å². The molecule has 0 N–H and O–H groups in total. The third kappa shape index (κ3) is 4.08. The summed E-state index contributed by atoms with van der Waals surface area (Å²) < 4.78 is 11.8. The monoisotopic (exact) mass is 384 g/mol. The van der Waals surface area contributed by atoms with Crippen LogP contribution in [-0.4, -0.2) is 5.97 Å². The van der Waals surface area contributed by atoms with E-state index in [1.165, 1.54) is 6.08 Å². The lowest BCUT2D eigenvalue weighted by Gasteiger charge is -2.04. The largest absolute Gasteiger partial charge is 0.450 e. The van der Waals surface area contributed by atoms with Gasteiger partial charge in [-0.25, -0.2) is 4.79 Å². The lowest BCUT2D eigenvalue weighted by molar-refractivity contribution is -0.128. The second kappa shape index (κ2) is 6.21. The molecule has 0 amide bonds. The highest BCUT2D eigenvalue weighted by atomic mass is 79.9. The van der Waals surface area contributed by atoms with Crippen molar-refractivity contribution in [2.45, 2.75) is 6.92 Å². The molecule has 5 heteroatoms. The van der Waals surface area contributed by atoms with Gasteiger partial charge in [-0.2, -0.15) is 0 Å². The van der Waals surface area contributed by atoms with Crippen LogP contribution in [0, 0.1) is 6.92 Å². The van der Waals surface area contributed by atoms with Crippen LogP contribution in [0.25, 0.3) is 6.08 Å². The minimum atomic E-state index is -0.461. The van der Waals surface area contributed by atoms with Crippen LogP contribution in [0.1, 0.15) is 11.3 Å². The Kier molecular flexibility index (Phi) is 4.61. The molecule has 2 aromatic rings. The highest BCUT2D eigenvalue weighted by Gasteiger charge is 2.05. The summed E-state index contributed by atoms with van der Waals surface area (Å²) in [6.07, 6.45) is 2.87. The number of furan rings is 1. The Morgan fingerprint density at radius 1 is 1.26 bits per heavy atom. The molecule has 0 aliphatic rings. The highest BCUT2D eigenvalue weighted by Crippen LogP contribution is 2.26. The van der Waals surface area contributed by atoms with E-state index in [9.17, 15) is 4.79 Å². The van der Waals surface area contributed by atoms with Crippen LogP contribution < -0.4 is 4.74 Å². The molecule has 3 nitrogen and oxygen atoms in total. The SMILES string of the molecule is Cc1ccc(OC(=O)/C=C/c2ccc(Br)o2)c(Br)c1. The van der Waals surface area contributed by atoms with Gasteiger partial charge in [0.1, 0.15) is 11.5 Å². The van der Waals surface area contributed by atoms with E-state index >= 15 is 0 Å². The van der Waals surface area contributed by atoms with Crippen LogP contribution >= 0.6 is 31.9 Å². The van der Waals surface area contributed by atoms with E-state index < -0.39 is 5.97 Å². The van der Waals surface area contributed by atoms with Crippen molar-refractivity contribution >= 4 is 43.9 Å². The molecular weight excluding hydrogens is 376 g/mol. The number of hydrogen-bond donors (Lipinski definition) is 0. The van der Waals surface area contributed by atoms with Crippen molar-refractivity contribution in [1.29, 1.82) is 0 Å². The molecule has 2 rings (SSSR count). The average molecular weight is 386 g/mol. The number of hydrogen-bond acceptors (Lipinski definition) is 3. The summed E-state index contributed by atoms with van der Waals surface area (Å²) >= 11 is 6.54. The van der Waals surface area contributed by atoms with Crippen molar-refractivity contribution in [1.82, 2.24) is 0 Å². The normalized spacial score (nSPS) is 10.9. The molecule has 0 atom stereocenters. The lowest BCUT2D eigenvalue weighted by atomic mass is 10.2. The van der Waals surface area contributed by atoms with E-state index in [0.29, 0.717) is 16.2 Å². The van der Waals surface area contributed by atoms with Gasteiger partial charge in [-0.1, -0.05) is 6.07 Å². The standard InChI is InChI=1S/C14H10Br2O3/c1-9-2-5-12(11(15)8-9)19-14(17)7-4-10-3-6-13(16)18-10/h2-8H,1H3/b7-4+. The van der Waals surface area contributed by atoms with E-state index in [1.807, 2.05) is 19.1 Å². The van der Waals surface area contributed by atoms with Gasteiger partial charge in [0.25, 0.3) is 0 Å². The minimum Gasteiger partial charge on any atom is -0.450 e. The summed E-state index contributed by atoms with van der Waals surface area (Å²) in [5, 5.41) is 0. The predicted molar refractivity (Wildman–Crippen MR) is 80.0 cm³/mol. The first-order chi connectivity index (χ1) is 9.04. The molecule has 0 bridgehead atoms. The molecule has 1 heterocycles. The van der Waals surface area contributed by atoms with Crippen LogP contribution in [0.4, 0.5) is 0 Å². The third-order valence-electron chi connectivity index (χ3n) is 2.28. The van der Waals surface area contributed by atoms with Gasteiger partial charge in [0.05, 0.1) is 4.47 Å². The molecule has 0 spiro atoms. The smallest absolute Gasteiger partial charge is 0.336 e. The fourth-order valence-electron chi connectivity index (χ4n) is 1.40. The third-order valence-corrected chi connectivity index (χ3v) is 3.32. The first-order valence-electron chi connectivity index (χ1n) is 5.46. The number of benzene rings is 1. The van der Waals surface area contributed by atoms with Crippen LogP contribution in [0.3, 0.4) is 0 Å². The molecule has 0 unspecified atom stereocenters. The van der Waals surface area contributed by atoms with Gasteiger partial charge in [-0.15, -0.1) is 0 Å². The van der Waals surface area contributed by atoms with Crippen LogP contribution in [0.15, 0.2) is 50.0 Å². The maximum Gasteiger partial charge on any atom is 0.336 e. The van der Waals surface area contributed by atoms with E-state index in [1.54, 1.807) is 24.3 Å². The Balaban J connectivity index is 2.03. The fourth-order valence-corrected chi connectivity index (χ4v) is 2.29. The number of carbonyl (C=O) groups is 1. The maximum absolute atomic E-state index is 11.6. The Morgan fingerprint density at radius 3 is 2.68 bits per heavy atom. The van der Waals surface area contributed by atoms with Gasteiger partial charge < -0.3 is 9.15 Å². The average Bonchev–Trinajstić information content (AvgIpc) is 2.76. The van der Waals surface area contributed by atoms with Crippen molar-refractivity contribution in [3.05, 3.63) is 56.9 Å². The molecule has 1 aromatic carbocycles. The molecule has 0 aliphatic heterocycles. The van der Waals surface area contributed by atoms with Gasteiger partial charge in [0.2, 0.25) is 0 Å². The fraction of sp³-hybridized carbons (Fsp3) is 0.0714. The molecule has 19 heavy (non-hydrogen) atoms. The number of rotatable bonds is 3. The van der Waals surface area contributed by atoms with Gasteiger partial charge >= 0.3 is 5.97 Å². The van der Waals surface area contributed by atoms with Crippen LogP contribution in [0.2, 0.25) is 0 Å². The molecule has 98 valence electrons. The zero-order valence-corrected chi connectivity index (χ0v) is 13.2. The molecular formula is C14H10Br2O3. The summed E-state index contributed by atoms with van der Waals surface area (Å²) in [5.74, 6) is 0.602. The Bertz CT molecular complexity index is 629. The number of aryl methyl sites for hydroxylation is 1. The lowest BCUT2D eigenvalue weighted by Crippen LogP contribution is -2.04. The van der Waals surface area contributed by atoms with Crippen molar-refractivity contribution < 1.29 is 13.9 Å². The van der Waals surface area contributed by atoms with E-state index in [-0.39, 0.29) is 0 Å². The van der Waals surface area contributed by atoms with E-state index in [0.717, 1.165) is 10.0 Å². The Labute approximate surface area is 127 Å². The van der Waals surface area contributed by atoms with Crippen molar-refractivity contribution in [2.75, 3.05) is 0 Å². The van der Waals surface area contributed by atoms with Gasteiger partial charge in [-0.05, 0) is 74.7 Å². The molecule has 0 saturated carbocycles. The number of carbonyl (C=O) groups excluding carboxylic acids is 1. The summed E-state index contributed by atoms with van der Waals surface area (Å²) in [6.45, 7) is 1.96. The Morgan fingerprint density at radius 2 is 2.05 bits per heavy atom. The zero-order valence-electron chi connectivity index (χ0n) is 10.0. The molecule has 0 fully saturated rings. The van der Waals surface area contributed by atoms with Gasteiger partial charge in [0, 0.05) is 6.08 Å². The van der Waals surface area contributed by atoms with Crippen molar-refractivity contribution in [3.8, 4) is 5.75 Å². The van der Waals surface area contributed by atoms with Crippen LogP contribution in [0.5, 0.6) is 5.75 Å². The quantitative estimate of drug-likeness (QED) is 0.435. The summed E-state index contributed by atoms with van der Waals surface area (Å²) in [6, 6.07) is 9.00. The summed E-state index contributed by atoms with van der Waals surface area (Å²) in [5.41, 5.74) is 1.09. The van der Waals surface area contributed by atoms with E-state index in [4.69, 9.17) is 9.15 Å². The summed E-state index contributed by atoms with van der Waals surface area (Å²) in [7, 11) is 0. The first-order valence-corrected chi connectivity index (χ1v) is 7.04. The van der Waals surface area contributed by atoms with Gasteiger partial charge in [-0.3, -0.25) is 0 Å².